The van der Waals surface area contributed by atoms with Crippen LogP contribution >= 0.6 is 8.45 Å². The zero-order valence-corrected chi connectivity index (χ0v) is 22.7. The normalized spacial score (nSPS) is 25.9. The summed E-state index contributed by atoms with van der Waals surface area (Å²) in [6, 6.07) is 12.3. The predicted octanol–water partition coefficient (Wildman–Crippen LogP) is 7.06. The van der Waals surface area contributed by atoms with E-state index in [1.165, 1.54) is 43.6 Å². The molecule has 0 amide bonds. The van der Waals surface area contributed by atoms with Gasteiger partial charge in [-0.2, -0.15) is 0 Å². The van der Waals surface area contributed by atoms with E-state index in [-0.39, 0.29) is 6.10 Å². The maximum Gasteiger partial charge on any atom is 0.188 e. The van der Waals surface area contributed by atoms with Crippen LogP contribution < -0.4 is 0 Å². The molecule has 0 N–H and O–H groups in total. The van der Waals surface area contributed by atoms with E-state index in [1.807, 2.05) is 0 Å². The van der Waals surface area contributed by atoms with E-state index in [1.54, 1.807) is 0 Å². The Hall–Kier alpha value is -0.0362. The molecule has 2 fully saturated rings. The number of fused-ring (bicyclic) bond motifs is 1. The number of hydrogen-bond acceptors (Lipinski definition) is 3. The second-order valence-electron chi connectivity index (χ2n) is 11.4. The second kappa shape index (κ2) is 9.62. The van der Waals surface area contributed by atoms with E-state index in [2.05, 4.69) is 85.9 Å². The molecule has 0 unspecified atom stereocenters. The van der Waals surface area contributed by atoms with Gasteiger partial charge in [-0.3, -0.25) is 0 Å². The smallest absolute Gasteiger partial charge is 0.188 e. The van der Waals surface area contributed by atoms with Crippen LogP contribution in [0, 0.1) is 0 Å². The largest absolute Gasteiger partial charge is 0.323 e. The molecule has 6 heteroatoms. The Balaban J connectivity index is 1.93. The zero-order valence-electron chi connectivity index (χ0n) is 19.8. The fraction of sp³-hybridized carbons (Fsp3) is 0.739. The van der Waals surface area contributed by atoms with Crippen LogP contribution in [0.25, 0.3) is 0 Å². The van der Waals surface area contributed by atoms with Crippen LogP contribution in [0.15, 0.2) is 30.3 Å². The highest BCUT2D eigenvalue weighted by Gasteiger charge is 2.51. The number of hydrogen-bond donors (Lipinski definition) is 0. The van der Waals surface area contributed by atoms with Crippen LogP contribution in [0.1, 0.15) is 50.7 Å². The van der Waals surface area contributed by atoms with Crippen molar-refractivity contribution < 1.29 is 4.52 Å². The van der Waals surface area contributed by atoms with Gasteiger partial charge in [0, 0.05) is 12.1 Å². The lowest BCUT2D eigenvalue weighted by molar-refractivity contribution is 0.196. The van der Waals surface area contributed by atoms with E-state index in [0.29, 0.717) is 12.1 Å². The minimum atomic E-state index is -1.22. The van der Waals surface area contributed by atoms with Crippen LogP contribution in [0.3, 0.4) is 0 Å². The zero-order chi connectivity index (χ0) is 21.2. The molecule has 0 aromatic heterocycles. The Morgan fingerprint density at radius 1 is 0.897 bits per heavy atom. The summed E-state index contributed by atoms with van der Waals surface area (Å²) in [7, 11) is -3.13. The summed E-state index contributed by atoms with van der Waals surface area (Å²) in [5.41, 5.74) is 1.34. The van der Waals surface area contributed by atoms with Gasteiger partial charge in [0.05, 0.1) is 22.3 Å². The van der Waals surface area contributed by atoms with Gasteiger partial charge >= 0.3 is 0 Å². The van der Waals surface area contributed by atoms with Gasteiger partial charge in [-0.1, -0.05) is 89.4 Å². The van der Waals surface area contributed by atoms with Crippen molar-refractivity contribution in [3.63, 3.8) is 0 Å². The van der Waals surface area contributed by atoms with E-state index in [0.717, 1.165) is 6.42 Å². The van der Waals surface area contributed by atoms with Crippen molar-refractivity contribution in [2.75, 3.05) is 12.3 Å². The topological polar surface area (TPSA) is 15.7 Å². The molecule has 164 valence electrons. The number of nitrogens with zero attached hydrogens (tertiary/aromatic N) is 2. The van der Waals surface area contributed by atoms with Crippen LogP contribution in [-0.2, 0) is 4.52 Å². The first-order chi connectivity index (χ1) is 13.6. The molecule has 1 aromatic rings. The van der Waals surface area contributed by atoms with Gasteiger partial charge in [0.15, 0.2) is 8.45 Å². The molecule has 0 radical (unpaired) electrons. The maximum atomic E-state index is 7.12. The van der Waals surface area contributed by atoms with Gasteiger partial charge in [-0.05, 0) is 37.2 Å². The Kier molecular flexibility index (Phi) is 7.84. The summed E-state index contributed by atoms with van der Waals surface area (Å²) in [5.74, 6) is 0. The summed E-state index contributed by atoms with van der Waals surface area (Å²) in [5, 5.41) is 0. The average Bonchev–Trinajstić information content (AvgIpc) is 2.90. The van der Waals surface area contributed by atoms with E-state index < -0.39 is 24.6 Å². The van der Waals surface area contributed by atoms with Gasteiger partial charge in [0.1, 0.15) is 0 Å². The van der Waals surface area contributed by atoms with Crippen molar-refractivity contribution in [3.05, 3.63) is 35.9 Å². The van der Waals surface area contributed by atoms with Gasteiger partial charge in [-0.25, -0.2) is 9.34 Å². The monoisotopic (exact) mass is 450 g/mol. The molecule has 1 saturated carbocycles. The van der Waals surface area contributed by atoms with E-state index in [9.17, 15) is 0 Å². The van der Waals surface area contributed by atoms with Crippen LogP contribution in [-0.4, -0.2) is 49.9 Å². The summed E-state index contributed by atoms with van der Waals surface area (Å²) >= 11 is 0. The Bertz CT molecular complexity index is 615. The highest BCUT2D eigenvalue weighted by molar-refractivity contribution is 7.48. The Morgan fingerprint density at radius 3 is 1.79 bits per heavy atom. The lowest BCUT2D eigenvalue weighted by Gasteiger charge is -2.37. The molecule has 0 spiro atoms. The lowest BCUT2D eigenvalue weighted by atomic mass is 9.90. The van der Waals surface area contributed by atoms with Crippen molar-refractivity contribution in [2.45, 2.75) is 96.5 Å². The Morgan fingerprint density at radius 2 is 1.38 bits per heavy atom. The fourth-order valence-corrected chi connectivity index (χ4v) is 12.8. The lowest BCUT2D eigenvalue weighted by Crippen LogP contribution is -2.46. The van der Waals surface area contributed by atoms with Crippen molar-refractivity contribution in [3.8, 4) is 0 Å². The summed E-state index contributed by atoms with van der Waals surface area (Å²) < 4.78 is 12.9. The van der Waals surface area contributed by atoms with Crippen molar-refractivity contribution in [2.24, 2.45) is 0 Å². The first kappa shape index (κ1) is 23.6. The molecule has 3 rings (SSSR count). The third kappa shape index (κ3) is 6.24. The minimum Gasteiger partial charge on any atom is -0.323 e. The van der Waals surface area contributed by atoms with Gasteiger partial charge in [-0.15, -0.1) is 0 Å². The summed E-state index contributed by atoms with van der Waals surface area (Å²) in [4.78, 5) is 0. The highest BCUT2D eigenvalue weighted by atomic mass is 31.2. The van der Waals surface area contributed by atoms with Gasteiger partial charge < -0.3 is 4.52 Å². The Labute approximate surface area is 183 Å². The van der Waals surface area contributed by atoms with Crippen LogP contribution in [0.2, 0.25) is 39.3 Å². The number of rotatable bonds is 8. The first-order valence-corrected chi connectivity index (χ1v) is 20.2. The average molecular weight is 451 g/mol. The molecule has 3 nitrogen and oxygen atoms in total. The summed E-state index contributed by atoms with van der Waals surface area (Å²) in [6.45, 7) is 17.4. The molecule has 2 aliphatic rings. The van der Waals surface area contributed by atoms with E-state index >= 15 is 0 Å². The fourth-order valence-electron chi connectivity index (χ4n) is 4.79. The molecular formula is C23H43N2OPSi2. The van der Waals surface area contributed by atoms with Crippen LogP contribution in [0.4, 0.5) is 0 Å². The van der Waals surface area contributed by atoms with Crippen molar-refractivity contribution in [1.82, 2.24) is 9.34 Å². The molecular weight excluding hydrogens is 407 g/mol. The minimum absolute atomic E-state index is 0.204. The molecule has 1 aromatic carbocycles. The molecule has 1 aliphatic carbocycles. The van der Waals surface area contributed by atoms with Crippen LogP contribution in [0.5, 0.6) is 0 Å². The molecule has 3 atom stereocenters. The van der Waals surface area contributed by atoms with E-state index in [4.69, 9.17) is 4.52 Å². The number of benzene rings is 1. The standard InChI is InChI=1S/C23H43N2OPSi2/c1-8-23(20-14-10-9-11-15-20)26-27-24(18-28(2,3)4)21-16-12-13-17-22(21)25(27)19-29(5,6)7/h9-11,14-15,21-23H,8,12-13,16-19H2,1-7H3/t21-,22-,23-/m1/s1. The van der Waals surface area contributed by atoms with Gasteiger partial charge in [0.2, 0.25) is 0 Å². The molecule has 1 saturated heterocycles. The predicted molar refractivity (Wildman–Crippen MR) is 134 cm³/mol. The molecule has 29 heavy (non-hydrogen) atoms. The maximum absolute atomic E-state index is 7.12. The quantitative estimate of drug-likeness (QED) is 0.311. The highest BCUT2D eigenvalue weighted by Crippen LogP contribution is 2.60. The molecule has 1 aliphatic heterocycles. The third-order valence-electron chi connectivity index (χ3n) is 5.94. The SMILES string of the molecule is CC[C@@H](OP1N(C[Si](C)(C)C)[C@@H]2CCCC[C@H]2N1C[Si](C)(C)C)c1ccccc1. The van der Waals surface area contributed by atoms with Gasteiger partial charge in [0.25, 0.3) is 0 Å². The van der Waals surface area contributed by atoms with Crippen molar-refractivity contribution >= 4 is 24.6 Å². The molecule has 1 heterocycles. The third-order valence-corrected chi connectivity index (χ3v) is 11.2. The van der Waals surface area contributed by atoms with Crippen molar-refractivity contribution in [1.29, 1.82) is 0 Å². The summed E-state index contributed by atoms with van der Waals surface area (Å²) in [6.07, 6.45) is 9.30. The first-order valence-electron chi connectivity index (χ1n) is 11.6. The second-order valence-corrected chi connectivity index (χ2v) is 24.0. The molecule has 0 bridgehead atoms.